The molecule has 1 saturated heterocycles. The second-order valence-electron chi connectivity index (χ2n) is 6.52. The Kier molecular flexibility index (Phi) is 3.27. The number of amides is 1. The highest BCUT2D eigenvalue weighted by atomic mass is 32.2. The predicted octanol–water partition coefficient (Wildman–Crippen LogP) is 1.15. The van der Waals surface area contributed by atoms with Gasteiger partial charge in [-0.25, -0.2) is 8.42 Å². The van der Waals surface area contributed by atoms with Gasteiger partial charge in [0.1, 0.15) is 11.4 Å². The number of para-hydroxylation sites is 1. The SMILES string of the molecule is COC1(C(=O)Nc2cccc3c2OC(C)(C)C3)CS(=O)(=O)C1. The molecule has 0 atom stereocenters. The summed E-state index contributed by atoms with van der Waals surface area (Å²) in [5.74, 6) is -0.381. The fraction of sp³-hybridized carbons (Fsp3) is 0.533. The fourth-order valence-corrected chi connectivity index (χ4v) is 4.79. The number of fused-ring (bicyclic) bond motifs is 1. The Hall–Kier alpha value is -1.60. The predicted molar refractivity (Wildman–Crippen MR) is 81.9 cm³/mol. The molecule has 0 aliphatic carbocycles. The van der Waals surface area contributed by atoms with Crippen LogP contribution in [0.2, 0.25) is 0 Å². The lowest BCUT2D eigenvalue weighted by Gasteiger charge is -2.37. The Balaban J connectivity index is 1.84. The average molecular weight is 325 g/mol. The summed E-state index contributed by atoms with van der Waals surface area (Å²) in [5, 5.41) is 2.76. The Labute approximate surface area is 129 Å². The summed E-state index contributed by atoms with van der Waals surface area (Å²) in [6.45, 7) is 3.96. The number of methoxy groups -OCH3 is 1. The van der Waals surface area contributed by atoms with Gasteiger partial charge in [-0.1, -0.05) is 12.1 Å². The number of rotatable bonds is 3. The molecular weight excluding hydrogens is 306 g/mol. The molecule has 0 saturated carbocycles. The summed E-state index contributed by atoms with van der Waals surface area (Å²) in [6.07, 6.45) is 0.760. The molecule has 120 valence electrons. The molecule has 0 bridgehead atoms. The van der Waals surface area contributed by atoms with Gasteiger partial charge in [0.2, 0.25) is 0 Å². The highest BCUT2D eigenvalue weighted by molar-refractivity contribution is 7.93. The van der Waals surface area contributed by atoms with E-state index in [1.54, 1.807) is 6.07 Å². The Morgan fingerprint density at radius 1 is 1.32 bits per heavy atom. The monoisotopic (exact) mass is 325 g/mol. The van der Waals surface area contributed by atoms with Crippen LogP contribution in [0.3, 0.4) is 0 Å². The first-order chi connectivity index (χ1) is 10.2. The zero-order valence-electron chi connectivity index (χ0n) is 12.8. The molecule has 1 amide bonds. The van der Waals surface area contributed by atoms with Crippen LogP contribution in [0, 0.1) is 0 Å². The zero-order valence-corrected chi connectivity index (χ0v) is 13.6. The van der Waals surface area contributed by atoms with E-state index in [0.717, 1.165) is 12.0 Å². The minimum Gasteiger partial charge on any atom is -0.485 e. The summed E-state index contributed by atoms with van der Waals surface area (Å²) in [7, 11) is -1.84. The summed E-state index contributed by atoms with van der Waals surface area (Å²) in [4.78, 5) is 12.4. The van der Waals surface area contributed by atoms with Crippen LogP contribution in [-0.2, 0) is 25.8 Å². The van der Waals surface area contributed by atoms with Crippen LogP contribution in [0.25, 0.3) is 0 Å². The van der Waals surface area contributed by atoms with Gasteiger partial charge in [0.05, 0.1) is 17.2 Å². The third-order valence-corrected chi connectivity index (χ3v) is 5.86. The molecule has 22 heavy (non-hydrogen) atoms. The molecule has 0 unspecified atom stereocenters. The average Bonchev–Trinajstić information content (AvgIpc) is 2.70. The third-order valence-electron chi connectivity index (χ3n) is 4.05. The lowest BCUT2D eigenvalue weighted by Crippen LogP contribution is -2.63. The van der Waals surface area contributed by atoms with Crippen LogP contribution in [0.15, 0.2) is 18.2 Å². The zero-order chi connectivity index (χ0) is 16.2. The van der Waals surface area contributed by atoms with Crippen LogP contribution in [0.1, 0.15) is 19.4 Å². The molecule has 0 spiro atoms. The number of benzene rings is 1. The van der Waals surface area contributed by atoms with Gasteiger partial charge in [0.15, 0.2) is 15.4 Å². The molecule has 1 fully saturated rings. The van der Waals surface area contributed by atoms with Crippen molar-refractivity contribution in [2.45, 2.75) is 31.5 Å². The molecule has 1 aromatic rings. The molecule has 2 aliphatic rings. The summed E-state index contributed by atoms with van der Waals surface area (Å²) in [6, 6.07) is 5.55. The number of ether oxygens (including phenoxy) is 2. The Morgan fingerprint density at radius 3 is 2.59 bits per heavy atom. The van der Waals surface area contributed by atoms with Crippen LogP contribution in [-0.4, -0.2) is 44.1 Å². The van der Waals surface area contributed by atoms with Gasteiger partial charge in [-0.3, -0.25) is 4.79 Å². The quantitative estimate of drug-likeness (QED) is 0.901. The normalized spacial score (nSPS) is 23.0. The second-order valence-corrected chi connectivity index (χ2v) is 8.58. The lowest BCUT2D eigenvalue weighted by atomic mass is 10.0. The first-order valence-electron chi connectivity index (χ1n) is 7.04. The standard InChI is InChI=1S/C15H19NO5S/c1-14(2)7-10-5-4-6-11(12(10)21-14)16-13(17)15(20-3)8-22(18,19)9-15/h4-6H,7-9H2,1-3H3,(H,16,17). The van der Waals surface area contributed by atoms with E-state index in [1.807, 2.05) is 26.0 Å². The van der Waals surface area contributed by atoms with Crippen molar-refractivity contribution in [2.75, 3.05) is 23.9 Å². The van der Waals surface area contributed by atoms with Crippen molar-refractivity contribution in [1.29, 1.82) is 0 Å². The van der Waals surface area contributed by atoms with E-state index in [-0.39, 0.29) is 17.1 Å². The van der Waals surface area contributed by atoms with Gasteiger partial charge in [-0.05, 0) is 19.9 Å². The van der Waals surface area contributed by atoms with Crippen molar-refractivity contribution in [3.05, 3.63) is 23.8 Å². The molecule has 3 rings (SSSR count). The maximum absolute atomic E-state index is 12.4. The fourth-order valence-electron chi connectivity index (χ4n) is 2.96. The first kappa shape index (κ1) is 15.3. The van der Waals surface area contributed by atoms with E-state index >= 15 is 0 Å². The van der Waals surface area contributed by atoms with Crippen molar-refractivity contribution in [3.63, 3.8) is 0 Å². The molecule has 1 aromatic carbocycles. The Bertz CT molecular complexity index is 726. The van der Waals surface area contributed by atoms with E-state index in [1.165, 1.54) is 7.11 Å². The van der Waals surface area contributed by atoms with E-state index in [9.17, 15) is 13.2 Å². The number of anilines is 1. The second kappa shape index (κ2) is 4.70. The number of carbonyl (C=O) groups excluding carboxylic acids is 1. The number of carbonyl (C=O) groups is 1. The largest absolute Gasteiger partial charge is 0.485 e. The molecule has 6 nitrogen and oxygen atoms in total. The smallest absolute Gasteiger partial charge is 0.258 e. The van der Waals surface area contributed by atoms with Crippen LogP contribution < -0.4 is 10.1 Å². The Morgan fingerprint density at radius 2 is 2.00 bits per heavy atom. The van der Waals surface area contributed by atoms with Crippen molar-refractivity contribution in [3.8, 4) is 5.75 Å². The molecule has 7 heteroatoms. The van der Waals surface area contributed by atoms with E-state index < -0.39 is 21.3 Å². The number of nitrogens with one attached hydrogen (secondary N) is 1. The number of hydrogen-bond donors (Lipinski definition) is 1. The number of hydrogen-bond acceptors (Lipinski definition) is 5. The van der Waals surface area contributed by atoms with E-state index in [4.69, 9.17) is 9.47 Å². The van der Waals surface area contributed by atoms with E-state index in [0.29, 0.717) is 11.4 Å². The lowest BCUT2D eigenvalue weighted by molar-refractivity contribution is -0.134. The summed E-state index contributed by atoms with van der Waals surface area (Å²) >= 11 is 0. The minimum atomic E-state index is -3.19. The maximum Gasteiger partial charge on any atom is 0.258 e. The van der Waals surface area contributed by atoms with Gasteiger partial charge in [0, 0.05) is 19.1 Å². The van der Waals surface area contributed by atoms with Crippen molar-refractivity contribution >= 4 is 21.4 Å². The summed E-state index contributed by atoms with van der Waals surface area (Å²) in [5.41, 5.74) is -0.0401. The number of sulfone groups is 1. The highest BCUT2D eigenvalue weighted by Gasteiger charge is 2.55. The van der Waals surface area contributed by atoms with Crippen molar-refractivity contribution in [1.82, 2.24) is 0 Å². The molecule has 0 radical (unpaired) electrons. The van der Waals surface area contributed by atoms with Crippen molar-refractivity contribution in [2.24, 2.45) is 0 Å². The minimum absolute atomic E-state index is 0.288. The molecule has 2 heterocycles. The maximum atomic E-state index is 12.4. The van der Waals surface area contributed by atoms with Crippen LogP contribution in [0.5, 0.6) is 5.75 Å². The van der Waals surface area contributed by atoms with Crippen LogP contribution >= 0.6 is 0 Å². The van der Waals surface area contributed by atoms with Gasteiger partial charge in [-0.15, -0.1) is 0 Å². The molecular formula is C15H19NO5S. The summed E-state index contributed by atoms with van der Waals surface area (Å²) < 4.78 is 33.9. The van der Waals surface area contributed by atoms with Gasteiger partial charge < -0.3 is 14.8 Å². The van der Waals surface area contributed by atoms with Crippen LogP contribution in [0.4, 0.5) is 5.69 Å². The third kappa shape index (κ3) is 2.48. The van der Waals surface area contributed by atoms with Gasteiger partial charge in [0.25, 0.3) is 5.91 Å². The van der Waals surface area contributed by atoms with Gasteiger partial charge >= 0.3 is 0 Å². The van der Waals surface area contributed by atoms with Gasteiger partial charge in [-0.2, -0.15) is 0 Å². The highest BCUT2D eigenvalue weighted by Crippen LogP contribution is 2.41. The van der Waals surface area contributed by atoms with Crippen molar-refractivity contribution < 1.29 is 22.7 Å². The molecule has 1 N–H and O–H groups in total. The molecule has 0 aromatic heterocycles. The first-order valence-corrected chi connectivity index (χ1v) is 8.87. The molecule has 2 aliphatic heterocycles. The van der Waals surface area contributed by atoms with E-state index in [2.05, 4.69) is 5.32 Å². The topological polar surface area (TPSA) is 81.7 Å².